The third kappa shape index (κ3) is 1.85. The van der Waals surface area contributed by atoms with Crippen LogP contribution in [0.1, 0.15) is 0 Å². The van der Waals surface area contributed by atoms with Crippen LogP contribution in [0.3, 0.4) is 0 Å². The lowest BCUT2D eigenvalue weighted by atomic mass is 9.85. The zero-order valence-corrected chi connectivity index (χ0v) is 7.84. The molecular weight excluding hydrogens is 199 g/mol. The molecule has 78 valence electrons. The largest absolute Gasteiger partial charge is 0.387 e. The predicted octanol–water partition coefficient (Wildman–Crippen LogP) is -3.02. The molecule has 1 fully saturated rings. The van der Waals surface area contributed by atoms with E-state index < -0.39 is 36.6 Å². The van der Waals surface area contributed by atoms with Crippen molar-refractivity contribution in [3.8, 4) is 0 Å². The molecule has 1 rings (SSSR count). The number of hydrogen-bond donors (Lipinski definition) is 5. The van der Waals surface area contributed by atoms with Gasteiger partial charge in [0.25, 0.3) is 0 Å². The molecule has 0 aromatic rings. The average Bonchev–Trinajstić information content (AvgIpc) is 2.13. The van der Waals surface area contributed by atoms with E-state index in [0.29, 0.717) is 0 Å². The van der Waals surface area contributed by atoms with Crippen LogP contribution in [0, 0.1) is 0 Å². The SMILES string of the molecule is OC1C(O)C(O)C(OP)C(O)C1O. The standard InChI is InChI=1S/C6H13O6P/c7-1-2(8)4(10)6(12-13)5(11)3(1)9/h1-11H,13H2. The molecule has 0 aromatic heterocycles. The summed E-state index contributed by atoms with van der Waals surface area (Å²) in [6.45, 7) is 0. The summed E-state index contributed by atoms with van der Waals surface area (Å²) in [5.41, 5.74) is 0. The minimum Gasteiger partial charge on any atom is -0.387 e. The summed E-state index contributed by atoms with van der Waals surface area (Å²) in [5, 5.41) is 46.0. The van der Waals surface area contributed by atoms with Crippen LogP contribution in [0.4, 0.5) is 0 Å². The Hall–Kier alpha value is 0.190. The van der Waals surface area contributed by atoms with Crippen molar-refractivity contribution in [3.05, 3.63) is 0 Å². The van der Waals surface area contributed by atoms with Crippen LogP contribution in [0.25, 0.3) is 0 Å². The molecule has 0 aliphatic heterocycles. The topological polar surface area (TPSA) is 110 Å². The fourth-order valence-corrected chi connectivity index (χ4v) is 1.68. The Labute approximate surface area is 77.1 Å². The Bertz CT molecular complexity index is 163. The van der Waals surface area contributed by atoms with Gasteiger partial charge in [0.1, 0.15) is 36.6 Å². The number of hydrogen-bond acceptors (Lipinski definition) is 6. The molecule has 7 heteroatoms. The monoisotopic (exact) mass is 212 g/mol. The highest BCUT2D eigenvalue weighted by Crippen LogP contribution is 2.24. The van der Waals surface area contributed by atoms with Crippen LogP contribution in [-0.2, 0) is 4.52 Å². The van der Waals surface area contributed by atoms with Crippen molar-refractivity contribution < 1.29 is 30.1 Å². The molecule has 6 nitrogen and oxygen atoms in total. The van der Waals surface area contributed by atoms with Crippen molar-refractivity contribution in [1.29, 1.82) is 0 Å². The Morgan fingerprint density at radius 3 is 1.31 bits per heavy atom. The van der Waals surface area contributed by atoms with Crippen LogP contribution < -0.4 is 0 Å². The Kier molecular flexibility index (Phi) is 3.59. The summed E-state index contributed by atoms with van der Waals surface area (Å²) in [7, 11) is 1.81. The highest BCUT2D eigenvalue weighted by Gasteiger charge is 2.48. The lowest BCUT2D eigenvalue weighted by molar-refractivity contribution is -0.214. The summed E-state index contributed by atoms with van der Waals surface area (Å²) in [6, 6.07) is 0. The van der Waals surface area contributed by atoms with Crippen LogP contribution in [0.15, 0.2) is 0 Å². The molecule has 0 bridgehead atoms. The minimum atomic E-state index is -1.57. The molecule has 5 atom stereocenters. The van der Waals surface area contributed by atoms with E-state index in [1.165, 1.54) is 0 Å². The van der Waals surface area contributed by atoms with Crippen molar-refractivity contribution in [1.82, 2.24) is 0 Å². The van der Waals surface area contributed by atoms with E-state index in [9.17, 15) is 20.4 Å². The molecular formula is C6H13O6P. The second kappa shape index (κ2) is 4.14. The molecule has 5 N–H and O–H groups in total. The van der Waals surface area contributed by atoms with Crippen molar-refractivity contribution >= 4 is 9.47 Å². The first-order chi connectivity index (χ1) is 6.00. The molecule has 5 unspecified atom stereocenters. The van der Waals surface area contributed by atoms with E-state index in [-0.39, 0.29) is 0 Å². The zero-order chi connectivity index (χ0) is 10.2. The van der Waals surface area contributed by atoms with Crippen LogP contribution >= 0.6 is 9.47 Å². The maximum atomic E-state index is 9.28. The third-order valence-corrected chi connectivity index (χ3v) is 2.54. The van der Waals surface area contributed by atoms with E-state index in [1.54, 1.807) is 0 Å². The van der Waals surface area contributed by atoms with E-state index in [2.05, 4.69) is 4.52 Å². The highest BCUT2D eigenvalue weighted by molar-refractivity contribution is 7.09. The lowest BCUT2D eigenvalue weighted by Gasteiger charge is -2.40. The Morgan fingerprint density at radius 1 is 0.692 bits per heavy atom. The third-order valence-electron chi connectivity index (χ3n) is 2.23. The van der Waals surface area contributed by atoms with Gasteiger partial charge in [-0.2, -0.15) is 0 Å². The number of rotatable bonds is 1. The molecule has 0 saturated heterocycles. The highest BCUT2D eigenvalue weighted by atomic mass is 31.0. The van der Waals surface area contributed by atoms with Gasteiger partial charge >= 0.3 is 0 Å². The van der Waals surface area contributed by atoms with Crippen LogP contribution in [-0.4, -0.2) is 62.2 Å². The van der Waals surface area contributed by atoms with Crippen LogP contribution in [0.5, 0.6) is 0 Å². The van der Waals surface area contributed by atoms with Gasteiger partial charge in [0.2, 0.25) is 0 Å². The molecule has 1 saturated carbocycles. The summed E-state index contributed by atoms with van der Waals surface area (Å²) in [5.74, 6) is 0. The summed E-state index contributed by atoms with van der Waals surface area (Å²) in [6.07, 6.45) is -8.59. The summed E-state index contributed by atoms with van der Waals surface area (Å²) < 4.78 is 4.59. The lowest BCUT2D eigenvalue weighted by Crippen LogP contribution is -2.63. The molecule has 0 radical (unpaired) electrons. The van der Waals surface area contributed by atoms with Gasteiger partial charge < -0.3 is 30.1 Å². The fraction of sp³-hybridized carbons (Fsp3) is 1.00. The first kappa shape index (κ1) is 11.3. The van der Waals surface area contributed by atoms with Gasteiger partial charge in [-0.15, -0.1) is 0 Å². The fourth-order valence-electron chi connectivity index (χ4n) is 1.36. The van der Waals surface area contributed by atoms with Crippen molar-refractivity contribution in [3.63, 3.8) is 0 Å². The average molecular weight is 212 g/mol. The first-order valence-electron chi connectivity index (χ1n) is 3.76. The van der Waals surface area contributed by atoms with Gasteiger partial charge in [-0.25, -0.2) is 0 Å². The Morgan fingerprint density at radius 2 is 1.00 bits per heavy atom. The second-order valence-corrected chi connectivity index (χ2v) is 3.33. The number of aliphatic hydroxyl groups excluding tert-OH is 5. The summed E-state index contributed by atoms with van der Waals surface area (Å²) in [4.78, 5) is 0. The van der Waals surface area contributed by atoms with E-state index in [4.69, 9.17) is 5.11 Å². The number of aliphatic hydroxyl groups is 5. The molecule has 0 aromatic carbocycles. The van der Waals surface area contributed by atoms with Crippen LogP contribution in [0.2, 0.25) is 0 Å². The van der Waals surface area contributed by atoms with Crippen molar-refractivity contribution in [2.75, 3.05) is 0 Å². The van der Waals surface area contributed by atoms with E-state index in [1.807, 2.05) is 9.47 Å². The molecule has 1 aliphatic carbocycles. The van der Waals surface area contributed by atoms with Crippen molar-refractivity contribution in [2.24, 2.45) is 0 Å². The minimum absolute atomic E-state index is 1.13. The zero-order valence-electron chi connectivity index (χ0n) is 6.69. The second-order valence-electron chi connectivity index (χ2n) is 3.05. The molecule has 1 aliphatic rings. The molecule has 0 heterocycles. The van der Waals surface area contributed by atoms with Crippen molar-refractivity contribution in [2.45, 2.75) is 36.6 Å². The van der Waals surface area contributed by atoms with Gasteiger partial charge in [0.15, 0.2) is 0 Å². The van der Waals surface area contributed by atoms with Gasteiger partial charge in [-0.3, -0.25) is 0 Å². The molecule has 0 spiro atoms. The molecule has 0 amide bonds. The first-order valence-corrected chi connectivity index (χ1v) is 4.23. The maximum Gasteiger partial charge on any atom is 0.118 e. The predicted molar refractivity (Wildman–Crippen MR) is 44.6 cm³/mol. The molecule has 13 heavy (non-hydrogen) atoms. The normalized spacial score (nSPS) is 52.2. The van der Waals surface area contributed by atoms with Gasteiger partial charge in [0.05, 0.1) is 0 Å². The van der Waals surface area contributed by atoms with E-state index in [0.717, 1.165) is 0 Å². The van der Waals surface area contributed by atoms with Gasteiger partial charge in [-0.05, 0) is 0 Å². The summed E-state index contributed by atoms with van der Waals surface area (Å²) >= 11 is 0. The Balaban J connectivity index is 2.79. The quantitative estimate of drug-likeness (QED) is 0.296. The maximum absolute atomic E-state index is 9.28. The van der Waals surface area contributed by atoms with E-state index >= 15 is 0 Å². The smallest absolute Gasteiger partial charge is 0.118 e. The van der Waals surface area contributed by atoms with Gasteiger partial charge in [0, 0.05) is 9.47 Å². The van der Waals surface area contributed by atoms with Gasteiger partial charge in [-0.1, -0.05) is 0 Å².